The van der Waals surface area contributed by atoms with E-state index in [9.17, 15) is 28.3 Å². The van der Waals surface area contributed by atoms with Crippen LogP contribution in [0.2, 0.25) is 0 Å². The molecule has 0 spiro atoms. The molecule has 9 heteroatoms. The highest BCUT2D eigenvalue weighted by Crippen LogP contribution is 2.14. The first-order chi connectivity index (χ1) is 19.6. The maximum Gasteiger partial charge on any atom is 0.224 e. The molecule has 4 N–H and O–H groups in total. The van der Waals surface area contributed by atoms with Gasteiger partial charge in [-0.25, -0.2) is 8.78 Å². The van der Waals surface area contributed by atoms with Crippen LogP contribution in [0.25, 0.3) is 0 Å². The van der Waals surface area contributed by atoms with E-state index in [2.05, 4.69) is 28.9 Å². The number of anilines is 1. The van der Waals surface area contributed by atoms with Gasteiger partial charge < -0.3 is 21.1 Å². The largest absolute Gasteiger partial charge is 0.390 e. The van der Waals surface area contributed by atoms with Gasteiger partial charge in [0.15, 0.2) is 5.78 Å². The van der Waals surface area contributed by atoms with Gasteiger partial charge in [0, 0.05) is 43.2 Å². The van der Waals surface area contributed by atoms with Gasteiger partial charge in [0.05, 0.1) is 12.1 Å². The van der Waals surface area contributed by atoms with Crippen molar-refractivity contribution < 1.29 is 28.3 Å². The van der Waals surface area contributed by atoms with E-state index in [1.54, 1.807) is 24.3 Å². The third kappa shape index (κ3) is 10.9. The second-order valence-electron chi connectivity index (χ2n) is 10.1. The molecule has 0 heterocycles. The number of hydrogen-bond donors (Lipinski definition) is 4. The maximum absolute atomic E-state index is 13.8. The highest BCUT2D eigenvalue weighted by atomic mass is 19.1. The van der Waals surface area contributed by atoms with Crippen LogP contribution in [0.3, 0.4) is 0 Å². The van der Waals surface area contributed by atoms with Gasteiger partial charge in [-0.1, -0.05) is 43.3 Å². The van der Waals surface area contributed by atoms with Crippen molar-refractivity contribution in [1.29, 1.82) is 0 Å². The van der Waals surface area contributed by atoms with Crippen LogP contribution in [0.15, 0.2) is 66.7 Å². The van der Waals surface area contributed by atoms with Gasteiger partial charge in [0.1, 0.15) is 11.6 Å². The minimum atomic E-state index is -1.04. The van der Waals surface area contributed by atoms with Crippen LogP contribution in [-0.2, 0) is 29.0 Å². The van der Waals surface area contributed by atoms with Crippen molar-refractivity contribution in [2.75, 3.05) is 11.9 Å². The van der Waals surface area contributed by atoms with Crippen molar-refractivity contribution in [3.05, 3.63) is 101 Å². The van der Waals surface area contributed by atoms with E-state index in [4.69, 9.17) is 0 Å². The summed E-state index contributed by atoms with van der Waals surface area (Å²) in [4.78, 5) is 36.6. The highest BCUT2D eigenvalue weighted by Gasteiger charge is 2.22. The van der Waals surface area contributed by atoms with E-state index in [-0.39, 0.29) is 43.9 Å². The van der Waals surface area contributed by atoms with Crippen molar-refractivity contribution in [2.45, 2.75) is 64.6 Å². The normalized spacial score (nSPS) is 12.4. The quantitative estimate of drug-likeness (QED) is 0.200. The minimum absolute atomic E-state index is 0.0128. The number of aliphatic hydroxyl groups is 1. The molecule has 0 radical (unpaired) electrons. The SMILES string of the molecule is CCc1cccc(CNC[C@@H](O)[C@H](Cc2cc(F)cc(F)c2)NC(=O)CCCC(=O)Nc2cccc(C(C)=O)c2)c1. The third-order valence-electron chi connectivity index (χ3n) is 6.63. The number of aliphatic hydroxyl groups excluding tert-OH is 1. The number of amides is 2. The molecule has 0 aliphatic rings. The van der Waals surface area contributed by atoms with E-state index >= 15 is 0 Å². The van der Waals surface area contributed by atoms with Crippen LogP contribution in [0.5, 0.6) is 0 Å². The molecule has 0 aromatic heterocycles. The molecule has 3 aromatic carbocycles. The van der Waals surface area contributed by atoms with Crippen LogP contribution in [0, 0.1) is 11.6 Å². The molecule has 218 valence electrons. The molecule has 7 nitrogen and oxygen atoms in total. The lowest BCUT2D eigenvalue weighted by atomic mass is 10.00. The van der Waals surface area contributed by atoms with Gasteiger partial charge in [0.2, 0.25) is 11.8 Å². The second kappa shape index (κ2) is 15.7. The second-order valence-corrected chi connectivity index (χ2v) is 10.1. The number of ketones is 1. The van der Waals surface area contributed by atoms with Crippen LogP contribution in [-0.4, -0.2) is 41.4 Å². The fraction of sp³-hybridized carbons (Fsp3) is 0.344. The number of carbonyl (C=O) groups is 3. The molecule has 0 unspecified atom stereocenters. The molecular weight excluding hydrogens is 528 g/mol. The molecule has 0 fully saturated rings. The summed E-state index contributed by atoms with van der Waals surface area (Å²) in [5, 5.41) is 19.6. The molecule has 3 rings (SSSR count). The fourth-order valence-corrected chi connectivity index (χ4v) is 4.46. The van der Waals surface area contributed by atoms with Crippen LogP contribution < -0.4 is 16.0 Å². The number of halogens is 2. The number of Topliss-reactive ketones (excluding diaryl/α,β-unsaturated/α-hetero) is 1. The number of rotatable bonds is 15. The Morgan fingerprint density at radius 2 is 1.54 bits per heavy atom. The van der Waals surface area contributed by atoms with Crippen LogP contribution in [0.4, 0.5) is 14.5 Å². The summed E-state index contributed by atoms with van der Waals surface area (Å²) in [6, 6.07) is 16.9. The van der Waals surface area contributed by atoms with E-state index in [0.29, 0.717) is 23.4 Å². The van der Waals surface area contributed by atoms with Crippen molar-refractivity contribution in [3.8, 4) is 0 Å². The zero-order valence-corrected chi connectivity index (χ0v) is 23.4. The lowest BCUT2D eigenvalue weighted by Crippen LogP contribution is -2.48. The Morgan fingerprint density at radius 1 is 0.854 bits per heavy atom. The van der Waals surface area contributed by atoms with Gasteiger partial charge in [-0.05, 0) is 67.1 Å². The lowest BCUT2D eigenvalue weighted by Gasteiger charge is -2.25. The number of hydrogen-bond acceptors (Lipinski definition) is 5. The average molecular weight is 566 g/mol. The molecule has 0 saturated carbocycles. The summed E-state index contributed by atoms with van der Waals surface area (Å²) in [5.41, 5.74) is 3.52. The van der Waals surface area contributed by atoms with Crippen molar-refractivity contribution in [2.24, 2.45) is 0 Å². The maximum atomic E-state index is 13.8. The first-order valence-corrected chi connectivity index (χ1v) is 13.7. The standard InChI is InChI=1S/C32H37F2N3O4/c1-3-22-7-4-8-23(13-22)19-35-20-30(39)29(16-24-14-26(33)18-27(34)15-24)37-32(41)12-6-11-31(40)36-28-10-5-9-25(17-28)21(2)38/h4-5,7-10,13-15,17-18,29-30,35,39H,3,6,11-12,16,19-20H2,1-2H3,(H,36,40)(H,37,41)/t29-,30+/m0/s1. The van der Waals surface area contributed by atoms with Gasteiger partial charge in [-0.2, -0.15) is 0 Å². The van der Waals surface area contributed by atoms with Crippen LogP contribution in [0.1, 0.15) is 60.2 Å². The topological polar surface area (TPSA) is 108 Å². The Labute approximate surface area is 239 Å². The van der Waals surface area contributed by atoms with Gasteiger partial charge in [0.25, 0.3) is 0 Å². The highest BCUT2D eigenvalue weighted by molar-refractivity contribution is 5.97. The summed E-state index contributed by atoms with van der Waals surface area (Å²) < 4.78 is 27.6. The summed E-state index contributed by atoms with van der Waals surface area (Å²) in [5.74, 6) is -2.30. The predicted octanol–water partition coefficient (Wildman–Crippen LogP) is 4.72. The molecular formula is C32H37F2N3O4. The third-order valence-corrected chi connectivity index (χ3v) is 6.63. The number of carbonyl (C=O) groups excluding carboxylic acids is 3. The molecule has 2 amide bonds. The molecule has 2 atom stereocenters. The monoisotopic (exact) mass is 565 g/mol. The molecule has 0 aliphatic heterocycles. The molecule has 0 saturated heterocycles. The van der Waals surface area contributed by atoms with Gasteiger partial charge >= 0.3 is 0 Å². The minimum Gasteiger partial charge on any atom is -0.390 e. The van der Waals surface area contributed by atoms with Crippen molar-refractivity contribution >= 4 is 23.3 Å². The summed E-state index contributed by atoms with van der Waals surface area (Å²) >= 11 is 0. The van der Waals surface area contributed by atoms with Crippen molar-refractivity contribution in [3.63, 3.8) is 0 Å². The summed E-state index contributed by atoms with van der Waals surface area (Å²) in [6.45, 7) is 4.15. The number of aryl methyl sites for hydroxylation is 1. The van der Waals surface area contributed by atoms with E-state index in [1.165, 1.54) is 24.6 Å². The summed E-state index contributed by atoms with van der Waals surface area (Å²) in [6.07, 6.45) is 0.201. The molecule has 0 aliphatic carbocycles. The number of benzene rings is 3. The first-order valence-electron chi connectivity index (χ1n) is 13.7. The molecule has 0 bridgehead atoms. The van der Waals surface area contributed by atoms with E-state index in [1.807, 2.05) is 18.2 Å². The van der Waals surface area contributed by atoms with Crippen molar-refractivity contribution in [1.82, 2.24) is 10.6 Å². The first kappa shape index (κ1) is 31.6. The molecule has 3 aromatic rings. The number of nitrogens with one attached hydrogen (secondary N) is 3. The summed E-state index contributed by atoms with van der Waals surface area (Å²) in [7, 11) is 0. The van der Waals surface area contributed by atoms with E-state index in [0.717, 1.165) is 18.1 Å². The predicted molar refractivity (Wildman–Crippen MR) is 154 cm³/mol. The smallest absolute Gasteiger partial charge is 0.224 e. The fourth-order valence-electron chi connectivity index (χ4n) is 4.46. The zero-order chi connectivity index (χ0) is 29.8. The van der Waals surface area contributed by atoms with E-state index < -0.39 is 29.7 Å². The Balaban J connectivity index is 1.55. The van der Waals surface area contributed by atoms with Gasteiger partial charge in [-0.3, -0.25) is 14.4 Å². The van der Waals surface area contributed by atoms with Gasteiger partial charge in [-0.15, -0.1) is 0 Å². The van der Waals surface area contributed by atoms with Crippen LogP contribution >= 0.6 is 0 Å². The zero-order valence-electron chi connectivity index (χ0n) is 23.4. The molecule has 41 heavy (non-hydrogen) atoms. The Hall–Kier alpha value is -3.95. The Morgan fingerprint density at radius 3 is 2.24 bits per heavy atom. The lowest BCUT2D eigenvalue weighted by molar-refractivity contribution is -0.122. The average Bonchev–Trinajstić information content (AvgIpc) is 2.92. The Bertz CT molecular complexity index is 1330. The Kier molecular flexibility index (Phi) is 12.1.